The summed E-state index contributed by atoms with van der Waals surface area (Å²) in [7, 11) is 0. The summed E-state index contributed by atoms with van der Waals surface area (Å²) in [6.07, 6.45) is -1.27. The van der Waals surface area contributed by atoms with Crippen molar-refractivity contribution in [1.82, 2.24) is 0 Å². The summed E-state index contributed by atoms with van der Waals surface area (Å²) in [5.41, 5.74) is 1.01. The molecule has 1 aromatic carbocycles. The topological polar surface area (TPSA) is 37.3 Å². The fraction of sp³-hybridized carbons (Fsp3) is 0.222. The second-order valence-corrected chi connectivity index (χ2v) is 2.88. The number of ketones is 1. The molecule has 0 bridgehead atoms. The van der Waals surface area contributed by atoms with E-state index < -0.39 is 12.0 Å². The number of alkyl halides is 1. The van der Waals surface area contributed by atoms with Gasteiger partial charge >= 0.3 is 0 Å². The highest BCUT2D eigenvalue weighted by atomic mass is 19.1. The van der Waals surface area contributed by atoms with Crippen LogP contribution in [0.4, 0.5) is 4.39 Å². The van der Waals surface area contributed by atoms with Crippen molar-refractivity contribution >= 4 is 5.78 Å². The van der Waals surface area contributed by atoms with Gasteiger partial charge in [-0.3, -0.25) is 4.79 Å². The molecule has 0 fully saturated rings. The number of rotatable bonds is 0. The number of fused-ring (bicyclic) bond motifs is 1. The van der Waals surface area contributed by atoms with E-state index in [1.807, 2.05) is 0 Å². The van der Waals surface area contributed by atoms with Gasteiger partial charge in [-0.25, -0.2) is 4.39 Å². The lowest BCUT2D eigenvalue weighted by molar-refractivity contribution is 0.0899. The Morgan fingerprint density at radius 1 is 1.50 bits per heavy atom. The molecule has 2 rings (SSSR count). The number of carbonyl (C=O) groups excluding carboxylic acids is 1. The first kappa shape index (κ1) is 7.28. The van der Waals surface area contributed by atoms with Gasteiger partial charge in [0.1, 0.15) is 5.75 Å². The molecule has 2 nitrogen and oxygen atoms in total. The number of hydrogen-bond donors (Lipinski definition) is 1. The Morgan fingerprint density at radius 2 is 2.25 bits per heavy atom. The van der Waals surface area contributed by atoms with Gasteiger partial charge in [-0.2, -0.15) is 0 Å². The third kappa shape index (κ3) is 0.897. The Bertz CT molecular complexity index is 346. The number of phenols is 1. The molecule has 0 spiro atoms. The highest BCUT2D eigenvalue weighted by Crippen LogP contribution is 2.27. The first-order valence-electron chi connectivity index (χ1n) is 3.68. The van der Waals surface area contributed by atoms with Crippen molar-refractivity contribution in [2.45, 2.75) is 12.6 Å². The summed E-state index contributed by atoms with van der Waals surface area (Å²) < 4.78 is 12.8. The molecule has 0 aromatic heterocycles. The molecule has 0 radical (unpaired) electrons. The maximum atomic E-state index is 12.8. The molecule has 1 aliphatic rings. The van der Waals surface area contributed by atoms with Crippen molar-refractivity contribution in [2.75, 3.05) is 0 Å². The van der Waals surface area contributed by atoms with Crippen LogP contribution in [0.2, 0.25) is 0 Å². The van der Waals surface area contributed by atoms with Gasteiger partial charge in [-0.05, 0) is 17.7 Å². The first-order chi connectivity index (χ1) is 5.68. The van der Waals surface area contributed by atoms with E-state index in [0.29, 0.717) is 11.1 Å². The van der Waals surface area contributed by atoms with Crippen LogP contribution in [0.25, 0.3) is 0 Å². The van der Waals surface area contributed by atoms with Gasteiger partial charge in [0.15, 0.2) is 12.0 Å². The molecule has 0 saturated heterocycles. The second-order valence-electron chi connectivity index (χ2n) is 2.88. The summed E-state index contributed by atoms with van der Waals surface area (Å²) in [4.78, 5) is 11.1. The molecule has 1 unspecified atom stereocenters. The van der Waals surface area contributed by atoms with E-state index in [-0.39, 0.29) is 12.2 Å². The van der Waals surface area contributed by atoms with Crippen molar-refractivity contribution in [1.29, 1.82) is 0 Å². The number of carbonyl (C=O) groups is 1. The Morgan fingerprint density at radius 3 is 3.00 bits per heavy atom. The van der Waals surface area contributed by atoms with E-state index in [2.05, 4.69) is 0 Å². The Kier molecular flexibility index (Phi) is 1.40. The van der Waals surface area contributed by atoms with Gasteiger partial charge in [-0.1, -0.05) is 6.07 Å². The van der Waals surface area contributed by atoms with Gasteiger partial charge in [-0.15, -0.1) is 0 Å². The normalized spacial score (nSPS) is 21.1. The number of phenolic OH excluding ortho intramolecular Hbond substituents is 1. The summed E-state index contributed by atoms with van der Waals surface area (Å²) in [6, 6.07) is 4.36. The molecular formula is C9H7FO2. The zero-order valence-electron chi connectivity index (χ0n) is 6.25. The van der Waals surface area contributed by atoms with Crippen LogP contribution in [0.3, 0.4) is 0 Å². The van der Waals surface area contributed by atoms with Crippen LogP contribution in [-0.2, 0) is 6.42 Å². The van der Waals surface area contributed by atoms with Crippen LogP contribution in [-0.4, -0.2) is 17.1 Å². The number of aromatic hydroxyl groups is 1. The highest BCUT2D eigenvalue weighted by Gasteiger charge is 2.30. The minimum atomic E-state index is -1.42. The molecular weight excluding hydrogens is 159 g/mol. The minimum Gasteiger partial charge on any atom is -0.508 e. The minimum absolute atomic E-state index is 0.0104. The fourth-order valence-electron chi connectivity index (χ4n) is 1.43. The van der Waals surface area contributed by atoms with E-state index in [4.69, 9.17) is 5.11 Å². The largest absolute Gasteiger partial charge is 0.508 e. The molecule has 0 aliphatic heterocycles. The van der Waals surface area contributed by atoms with Crippen molar-refractivity contribution in [3.05, 3.63) is 29.3 Å². The summed E-state index contributed by atoms with van der Waals surface area (Å²) in [5, 5.41) is 9.03. The monoisotopic (exact) mass is 166 g/mol. The molecule has 0 heterocycles. The zero-order valence-corrected chi connectivity index (χ0v) is 6.25. The summed E-state index contributed by atoms with van der Waals surface area (Å²) >= 11 is 0. The van der Waals surface area contributed by atoms with Crippen LogP contribution < -0.4 is 0 Å². The Hall–Kier alpha value is -1.38. The molecule has 0 saturated carbocycles. The van der Waals surface area contributed by atoms with Crippen molar-refractivity contribution in [3.8, 4) is 5.75 Å². The SMILES string of the molecule is O=C1c2cc(O)ccc2CC1F. The number of hydrogen-bond acceptors (Lipinski definition) is 2. The Balaban J connectivity index is 2.56. The van der Waals surface area contributed by atoms with Gasteiger partial charge in [0, 0.05) is 12.0 Å². The maximum Gasteiger partial charge on any atom is 0.197 e. The van der Waals surface area contributed by atoms with Crippen LogP contribution in [0.15, 0.2) is 18.2 Å². The van der Waals surface area contributed by atoms with E-state index in [1.54, 1.807) is 6.07 Å². The van der Waals surface area contributed by atoms with Crippen LogP contribution >= 0.6 is 0 Å². The molecule has 12 heavy (non-hydrogen) atoms. The third-order valence-electron chi connectivity index (χ3n) is 2.04. The van der Waals surface area contributed by atoms with E-state index in [1.165, 1.54) is 12.1 Å². The van der Waals surface area contributed by atoms with Gasteiger partial charge < -0.3 is 5.11 Å². The average Bonchev–Trinajstić information content (AvgIpc) is 2.31. The standard InChI is InChI=1S/C9H7FO2/c10-8-3-5-1-2-6(11)4-7(5)9(8)12/h1-2,4,8,11H,3H2. The van der Waals surface area contributed by atoms with Crippen molar-refractivity contribution < 1.29 is 14.3 Å². The fourth-order valence-corrected chi connectivity index (χ4v) is 1.43. The number of benzene rings is 1. The summed E-state index contributed by atoms with van der Waals surface area (Å²) in [5.74, 6) is -0.503. The molecule has 0 amide bonds. The van der Waals surface area contributed by atoms with E-state index in [9.17, 15) is 9.18 Å². The quantitative estimate of drug-likeness (QED) is 0.633. The molecule has 3 heteroatoms. The lowest BCUT2D eigenvalue weighted by Crippen LogP contribution is -2.07. The highest BCUT2D eigenvalue weighted by molar-refractivity contribution is 6.04. The van der Waals surface area contributed by atoms with Gasteiger partial charge in [0.2, 0.25) is 0 Å². The maximum absolute atomic E-state index is 12.8. The zero-order chi connectivity index (χ0) is 8.72. The number of halogens is 1. The predicted octanol–water partition coefficient (Wildman–Crippen LogP) is 1.47. The third-order valence-corrected chi connectivity index (χ3v) is 2.04. The van der Waals surface area contributed by atoms with Crippen molar-refractivity contribution in [3.63, 3.8) is 0 Å². The average molecular weight is 166 g/mol. The smallest absolute Gasteiger partial charge is 0.197 e. The first-order valence-corrected chi connectivity index (χ1v) is 3.68. The van der Waals surface area contributed by atoms with Crippen molar-refractivity contribution in [2.24, 2.45) is 0 Å². The van der Waals surface area contributed by atoms with Gasteiger partial charge in [0.05, 0.1) is 0 Å². The molecule has 1 atom stereocenters. The van der Waals surface area contributed by atoms with Crippen LogP contribution in [0, 0.1) is 0 Å². The van der Waals surface area contributed by atoms with Crippen LogP contribution in [0.5, 0.6) is 5.75 Å². The Labute approximate surface area is 68.6 Å². The van der Waals surface area contributed by atoms with Crippen LogP contribution in [0.1, 0.15) is 15.9 Å². The number of Topliss-reactive ketones (excluding diaryl/α,β-unsaturated/α-hetero) is 1. The molecule has 1 aliphatic carbocycles. The predicted molar refractivity (Wildman–Crippen MR) is 41.0 cm³/mol. The van der Waals surface area contributed by atoms with Gasteiger partial charge in [0.25, 0.3) is 0 Å². The second kappa shape index (κ2) is 2.30. The van der Waals surface area contributed by atoms with E-state index >= 15 is 0 Å². The molecule has 62 valence electrons. The molecule has 1 aromatic rings. The summed E-state index contributed by atoms with van der Waals surface area (Å²) in [6.45, 7) is 0. The lowest BCUT2D eigenvalue weighted by atomic mass is 10.1. The molecule has 1 N–H and O–H groups in total. The van der Waals surface area contributed by atoms with E-state index in [0.717, 1.165) is 0 Å². The lowest BCUT2D eigenvalue weighted by Gasteiger charge is -1.95.